The second kappa shape index (κ2) is 5.51. The number of para-hydroxylation sites is 2. The molecule has 3 N–H and O–H groups in total. The average molecular weight is 262 g/mol. The summed E-state index contributed by atoms with van der Waals surface area (Å²) in [6.45, 7) is 4.81. The van der Waals surface area contributed by atoms with Gasteiger partial charge in [0.2, 0.25) is 5.91 Å². The number of nitrogens with two attached hydrogens (primary N) is 1. The second-order valence-electron chi connectivity index (χ2n) is 5.58. The van der Waals surface area contributed by atoms with Gasteiger partial charge in [0.05, 0.1) is 18.7 Å². The number of hydrogen-bond acceptors (Lipinski definition) is 3. The van der Waals surface area contributed by atoms with Gasteiger partial charge in [0.1, 0.15) is 5.75 Å². The van der Waals surface area contributed by atoms with Crippen molar-refractivity contribution < 1.29 is 9.53 Å². The highest BCUT2D eigenvalue weighted by Crippen LogP contribution is 2.49. The Morgan fingerprint density at radius 1 is 1.47 bits per heavy atom. The maximum Gasteiger partial charge on any atom is 0.220 e. The quantitative estimate of drug-likeness (QED) is 0.793. The van der Waals surface area contributed by atoms with E-state index in [2.05, 4.69) is 19.2 Å². The number of carbonyl (C=O) groups excluding carboxylic acids is 1. The number of anilines is 1. The molecular weight excluding hydrogens is 240 g/mol. The van der Waals surface area contributed by atoms with E-state index in [0.717, 1.165) is 11.4 Å². The molecule has 1 aliphatic rings. The summed E-state index contributed by atoms with van der Waals surface area (Å²) in [5.41, 5.74) is 6.49. The van der Waals surface area contributed by atoms with E-state index in [4.69, 9.17) is 10.5 Å². The van der Waals surface area contributed by atoms with Gasteiger partial charge in [-0.15, -0.1) is 0 Å². The number of rotatable bonds is 7. The normalized spacial score (nSPS) is 17.6. The maximum absolute atomic E-state index is 10.7. The first-order valence-electron chi connectivity index (χ1n) is 6.78. The Labute approximate surface area is 114 Å². The molecule has 0 radical (unpaired) electrons. The molecule has 1 saturated carbocycles. The van der Waals surface area contributed by atoms with Crippen molar-refractivity contribution >= 4 is 11.6 Å². The van der Waals surface area contributed by atoms with Crippen molar-refractivity contribution in [1.29, 1.82) is 0 Å². The monoisotopic (exact) mass is 262 g/mol. The van der Waals surface area contributed by atoms with Crippen LogP contribution in [0.3, 0.4) is 0 Å². The molecule has 1 unspecified atom stereocenters. The van der Waals surface area contributed by atoms with Gasteiger partial charge in [-0.05, 0) is 37.3 Å². The van der Waals surface area contributed by atoms with Crippen LogP contribution in [0.5, 0.6) is 5.75 Å². The Balaban J connectivity index is 1.97. The zero-order chi connectivity index (χ0) is 13.9. The van der Waals surface area contributed by atoms with Gasteiger partial charge >= 0.3 is 0 Å². The largest absolute Gasteiger partial charge is 0.491 e. The predicted molar refractivity (Wildman–Crippen MR) is 76.2 cm³/mol. The zero-order valence-corrected chi connectivity index (χ0v) is 11.6. The number of carbonyl (C=O) groups is 1. The minimum Gasteiger partial charge on any atom is -0.491 e. The van der Waals surface area contributed by atoms with Crippen LogP contribution in [0.2, 0.25) is 0 Å². The van der Waals surface area contributed by atoms with E-state index in [-0.39, 0.29) is 12.3 Å². The third-order valence-electron chi connectivity index (χ3n) is 3.95. The Morgan fingerprint density at radius 3 is 2.79 bits per heavy atom. The molecule has 1 fully saturated rings. The summed E-state index contributed by atoms with van der Waals surface area (Å²) in [5, 5.41) is 3.51. The minimum atomic E-state index is -0.343. The van der Waals surface area contributed by atoms with Crippen LogP contribution in [0.1, 0.15) is 33.1 Å². The van der Waals surface area contributed by atoms with E-state index in [1.165, 1.54) is 12.8 Å². The standard InChI is InChI=1S/C15H22N2O2/c1-11(15(2)8-9-15)17-12-5-3-4-6-13(12)19-10-7-14(16)18/h3-6,11,17H,7-10H2,1-2H3,(H2,16,18). The van der Waals surface area contributed by atoms with Crippen LogP contribution in [0.4, 0.5) is 5.69 Å². The fourth-order valence-electron chi connectivity index (χ4n) is 2.01. The number of primary amides is 1. The molecule has 0 spiro atoms. The Bertz CT molecular complexity index is 455. The Hall–Kier alpha value is -1.71. The lowest BCUT2D eigenvalue weighted by Crippen LogP contribution is -2.25. The number of nitrogens with one attached hydrogen (secondary N) is 1. The van der Waals surface area contributed by atoms with Gasteiger partial charge in [0.25, 0.3) is 0 Å². The highest BCUT2D eigenvalue weighted by atomic mass is 16.5. The van der Waals surface area contributed by atoms with Crippen molar-refractivity contribution in [3.8, 4) is 5.75 Å². The lowest BCUT2D eigenvalue weighted by molar-refractivity contribution is -0.118. The fourth-order valence-corrected chi connectivity index (χ4v) is 2.01. The highest BCUT2D eigenvalue weighted by Gasteiger charge is 2.42. The van der Waals surface area contributed by atoms with Crippen LogP contribution in [0.15, 0.2) is 24.3 Å². The third-order valence-corrected chi connectivity index (χ3v) is 3.95. The van der Waals surface area contributed by atoms with E-state index >= 15 is 0 Å². The summed E-state index contributed by atoms with van der Waals surface area (Å²) in [4.78, 5) is 10.7. The van der Waals surface area contributed by atoms with E-state index in [0.29, 0.717) is 18.1 Å². The molecule has 19 heavy (non-hydrogen) atoms. The summed E-state index contributed by atoms with van der Waals surface area (Å²) in [7, 11) is 0. The van der Waals surface area contributed by atoms with Crippen LogP contribution >= 0.6 is 0 Å². The molecule has 1 amide bonds. The van der Waals surface area contributed by atoms with Crippen LogP contribution < -0.4 is 15.8 Å². The van der Waals surface area contributed by atoms with Gasteiger partial charge < -0.3 is 15.8 Å². The number of hydrogen-bond donors (Lipinski definition) is 2. The van der Waals surface area contributed by atoms with Crippen LogP contribution in [0, 0.1) is 5.41 Å². The molecule has 0 heterocycles. The van der Waals surface area contributed by atoms with Crippen LogP contribution in [-0.2, 0) is 4.79 Å². The average Bonchev–Trinajstić information content (AvgIpc) is 3.10. The molecule has 0 aliphatic heterocycles. The summed E-state index contributed by atoms with van der Waals surface area (Å²) in [6.07, 6.45) is 2.78. The zero-order valence-electron chi connectivity index (χ0n) is 11.6. The molecule has 0 bridgehead atoms. The van der Waals surface area contributed by atoms with Crippen molar-refractivity contribution in [2.45, 2.75) is 39.2 Å². The molecule has 1 atom stereocenters. The summed E-state index contributed by atoms with van der Waals surface area (Å²) < 4.78 is 5.62. The van der Waals surface area contributed by atoms with Gasteiger partial charge in [-0.1, -0.05) is 19.1 Å². The topological polar surface area (TPSA) is 64.3 Å². The molecule has 2 rings (SSSR count). The van der Waals surface area contributed by atoms with Crippen molar-refractivity contribution in [2.24, 2.45) is 11.1 Å². The van der Waals surface area contributed by atoms with Crippen molar-refractivity contribution in [3.05, 3.63) is 24.3 Å². The second-order valence-corrected chi connectivity index (χ2v) is 5.58. The lowest BCUT2D eigenvalue weighted by Gasteiger charge is -2.23. The Morgan fingerprint density at radius 2 is 2.16 bits per heavy atom. The summed E-state index contributed by atoms with van der Waals surface area (Å²) in [5.74, 6) is 0.434. The highest BCUT2D eigenvalue weighted by molar-refractivity contribution is 5.73. The van der Waals surface area contributed by atoms with Gasteiger partial charge in [-0.25, -0.2) is 0 Å². The van der Waals surface area contributed by atoms with Crippen molar-refractivity contribution in [2.75, 3.05) is 11.9 Å². The van der Waals surface area contributed by atoms with E-state index in [1.807, 2.05) is 24.3 Å². The molecule has 0 aromatic heterocycles. The molecular formula is C15H22N2O2. The van der Waals surface area contributed by atoms with Gasteiger partial charge in [-0.2, -0.15) is 0 Å². The van der Waals surface area contributed by atoms with Crippen molar-refractivity contribution in [3.63, 3.8) is 0 Å². The van der Waals surface area contributed by atoms with Gasteiger partial charge in [-0.3, -0.25) is 4.79 Å². The van der Waals surface area contributed by atoms with E-state index in [9.17, 15) is 4.79 Å². The minimum absolute atomic E-state index is 0.238. The van der Waals surface area contributed by atoms with Crippen LogP contribution in [-0.4, -0.2) is 18.6 Å². The SMILES string of the molecule is CC(Nc1ccccc1OCCC(N)=O)C1(C)CC1. The Kier molecular flexibility index (Phi) is 3.98. The predicted octanol–water partition coefficient (Wildman–Crippen LogP) is 2.54. The summed E-state index contributed by atoms with van der Waals surface area (Å²) in [6, 6.07) is 8.22. The molecule has 1 aromatic carbocycles. The first-order chi connectivity index (χ1) is 9.01. The van der Waals surface area contributed by atoms with Gasteiger partial charge in [0.15, 0.2) is 0 Å². The fraction of sp³-hybridized carbons (Fsp3) is 0.533. The molecule has 1 aliphatic carbocycles. The molecule has 4 nitrogen and oxygen atoms in total. The first-order valence-corrected chi connectivity index (χ1v) is 6.78. The first kappa shape index (κ1) is 13.7. The molecule has 4 heteroatoms. The number of amides is 1. The van der Waals surface area contributed by atoms with E-state index < -0.39 is 0 Å². The van der Waals surface area contributed by atoms with E-state index in [1.54, 1.807) is 0 Å². The summed E-state index contributed by atoms with van der Waals surface area (Å²) >= 11 is 0. The molecule has 1 aromatic rings. The molecule has 104 valence electrons. The number of ether oxygens (including phenoxy) is 1. The smallest absolute Gasteiger partial charge is 0.220 e. The van der Waals surface area contributed by atoms with Crippen molar-refractivity contribution in [1.82, 2.24) is 0 Å². The third kappa shape index (κ3) is 3.63. The maximum atomic E-state index is 10.7. The van der Waals surface area contributed by atoms with Crippen LogP contribution in [0.25, 0.3) is 0 Å². The number of benzene rings is 1. The van der Waals surface area contributed by atoms with Gasteiger partial charge in [0, 0.05) is 6.04 Å². The lowest BCUT2D eigenvalue weighted by atomic mass is 10.0. The molecule has 0 saturated heterocycles.